The molecule has 3 aromatic rings. The molecule has 0 atom stereocenters. The maximum absolute atomic E-state index is 12.1. The average molecular weight is 328 g/mol. The van der Waals surface area contributed by atoms with Crippen LogP contribution in [0.2, 0.25) is 0 Å². The highest BCUT2D eigenvalue weighted by molar-refractivity contribution is 5.93. The highest BCUT2D eigenvalue weighted by Gasteiger charge is 2.14. The number of nitrogens with zero attached hydrogens (tertiary/aromatic N) is 3. The lowest BCUT2D eigenvalue weighted by Crippen LogP contribution is -2.26. The van der Waals surface area contributed by atoms with Gasteiger partial charge in [0, 0.05) is 31.7 Å². The third kappa shape index (κ3) is 3.85. The fourth-order valence-corrected chi connectivity index (χ4v) is 2.07. The van der Waals surface area contributed by atoms with Crippen LogP contribution in [0, 0.1) is 0 Å². The molecule has 2 aromatic heterocycles. The van der Waals surface area contributed by atoms with E-state index in [0.29, 0.717) is 30.5 Å². The Morgan fingerprint density at radius 2 is 2.00 bits per heavy atom. The van der Waals surface area contributed by atoms with Gasteiger partial charge in [-0.1, -0.05) is 35.5 Å². The molecule has 0 bridgehead atoms. The van der Waals surface area contributed by atoms with Gasteiger partial charge < -0.3 is 19.0 Å². The Bertz CT molecular complexity index is 797. The summed E-state index contributed by atoms with van der Waals surface area (Å²) in [5.74, 6) is 1.06. The van der Waals surface area contributed by atoms with E-state index in [-0.39, 0.29) is 18.2 Å². The summed E-state index contributed by atoms with van der Waals surface area (Å²) in [5.41, 5.74) is 1.08. The number of amides is 1. The maximum Gasteiger partial charge on any atom is 0.273 e. The van der Waals surface area contributed by atoms with Gasteiger partial charge in [0.2, 0.25) is 11.8 Å². The maximum atomic E-state index is 12.1. The molecular weight excluding hydrogens is 312 g/mol. The molecule has 8 heteroatoms. The smallest absolute Gasteiger partial charge is 0.273 e. The van der Waals surface area contributed by atoms with Crippen molar-refractivity contribution in [2.24, 2.45) is 0 Å². The van der Waals surface area contributed by atoms with Gasteiger partial charge in [-0.15, -0.1) is 10.2 Å². The highest BCUT2D eigenvalue weighted by Crippen LogP contribution is 2.19. The zero-order valence-electron chi connectivity index (χ0n) is 13.1. The van der Waals surface area contributed by atoms with E-state index in [1.54, 1.807) is 13.2 Å². The van der Waals surface area contributed by atoms with Crippen LogP contribution in [0.4, 0.5) is 0 Å². The number of hydrogen-bond acceptors (Lipinski definition) is 7. The van der Waals surface area contributed by atoms with Gasteiger partial charge in [0.15, 0.2) is 11.5 Å². The first kappa shape index (κ1) is 15.9. The minimum Gasteiger partial charge on any atom is -0.423 e. The summed E-state index contributed by atoms with van der Waals surface area (Å²) in [4.78, 5) is 12.1. The van der Waals surface area contributed by atoms with Crippen molar-refractivity contribution in [3.63, 3.8) is 0 Å². The Hall–Kier alpha value is -3.00. The lowest BCUT2D eigenvalue weighted by atomic mass is 10.1. The predicted octanol–water partition coefficient (Wildman–Crippen LogP) is 1.84. The van der Waals surface area contributed by atoms with Crippen molar-refractivity contribution in [3.05, 3.63) is 53.9 Å². The first-order chi connectivity index (χ1) is 11.8. The number of aromatic nitrogens is 3. The van der Waals surface area contributed by atoms with Gasteiger partial charge in [0.25, 0.3) is 5.91 Å². The third-order valence-corrected chi connectivity index (χ3v) is 3.20. The molecule has 0 spiro atoms. The van der Waals surface area contributed by atoms with E-state index in [2.05, 4.69) is 20.7 Å². The molecule has 0 fully saturated rings. The van der Waals surface area contributed by atoms with E-state index in [1.165, 1.54) is 0 Å². The molecule has 1 aromatic carbocycles. The molecule has 1 amide bonds. The van der Waals surface area contributed by atoms with Crippen molar-refractivity contribution in [3.8, 4) is 11.3 Å². The van der Waals surface area contributed by atoms with Gasteiger partial charge in [-0.25, -0.2) is 0 Å². The van der Waals surface area contributed by atoms with E-state index in [9.17, 15) is 4.79 Å². The van der Waals surface area contributed by atoms with Gasteiger partial charge in [0.1, 0.15) is 6.61 Å². The molecular formula is C16H16N4O4. The number of hydrogen-bond donors (Lipinski definition) is 1. The molecule has 0 aliphatic heterocycles. The molecule has 24 heavy (non-hydrogen) atoms. The minimum atomic E-state index is -0.322. The van der Waals surface area contributed by atoms with E-state index in [1.807, 2.05) is 30.3 Å². The summed E-state index contributed by atoms with van der Waals surface area (Å²) in [5, 5.41) is 14.2. The Morgan fingerprint density at radius 3 is 2.79 bits per heavy atom. The number of carbonyl (C=O) groups excluding carboxylic acids is 1. The fourth-order valence-electron chi connectivity index (χ4n) is 2.07. The van der Waals surface area contributed by atoms with Crippen molar-refractivity contribution in [1.29, 1.82) is 0 Å². The van der Waals surface area contributed by atoms with Crippen molar-refractivity contribution >= 4 is 5.91 Å². The van der Waals surface area contributed by atoms with Crippen molar-refractivity contribution in [2.45, 2.75) is 13.0 Å². The topological polar surface area (TPSA) is 103 Å². The van der Waals surface area contributed by atoms with Crippen LogP contribution in [0.25, 0.3) is 11.3 Å². The molecule has 0 saturated carbocycles. The van der Waals surface area contributed by atoms with Crippen LogP contribution in [0.15, 0.2) is 45.3 Å². The van der Waals surface area contributed by atoms with E-state index >= 15 is 0 Å². The average Bonchev–Trinajstić information content (AvgIpc) is 3.26. The summed E-state index contributed by atoms with van der Waals surface area (Å²) in [6.45, 7) is 0.613. The quantitative estimate of drug-likeness (QED) is 0.705. The van der Waals surface area contributed by atoms with Crippen LogP contribution in [0.3, 0.4) is 0 Å². The first-order valence-electron chi connectivity index (χ1n) is 7.37. The Balaban J connectivity index is 1.53. The standard InChI is InChI=1S/C16H16N4O4/c1-22-10-15-19-18-14(23-15)7-8-17-16(21)12-9-13(24-20-12)11-5-3-2-4-6-11/h2-6,9H,7-8,10H2,1H3,(H,17,21). The van der Waals surface area contributed by atoms with Crippen LogP contribution in [0.5, 0.6) is 0 Å². The molecule has 0 saturated heterocycles. The Morgan fingerprint density at radius 1 is 1.21 bits per heavy atom. The van der Waals surface area contributed by atoms with Crippen LogP contribution in [-0.2, 0) is 17.8 Å². The molecule has 0 radical (unpaired) electrons. The van der Waals surface area contributed by atoms with Crippen LogP contribution in [-0.4, -0.2) is 34.9 Å². The van der Waals surface area contributed by atoms with Crippen LogP contribution < -0.4 is 5.32 Å². The normalized spacial score (nSPS) is 10.7. The second-order valence-electron chi connectivity index (χ2n) is 4.97. The molecule has 124 valence electrons. The monoisotopic (exact) mass is 328 g/mol. The van der Waals surface area contributed by atoms with Crippen molar-refractivity contribution < 1.29 is 18.5 Å². The van der Waals surface area contributed by atoms with Crippen LogP contribution in [0.1, 0.15) is 22.3 Å². The van der Waals surface area contributed by atoms with E-state index in [0.717, 1.165) is 5.56 Å². The molecule has 2 heterocycles. The summed E-state index contributed by atoms with van der Waals surface area (Å²) in [7, 11) is 1.55. The van der Waals surface area contributed by atoms with Gasteiger partial charge in [-0.2, -0.15) is 0 Å². The van der Waals surface area contributed by atoms with Gasteiger partial charge in [-0.05, 0) is 0 Å². The number of benzene rings is 1. The number of rotatable bonds is 7. The van der Waals surface area contributed by atoms with Crippen molar-refractivity contribution in [2.75, 3.05) is 13.7 Å². The Labute approximate surface area is 137 Å². The second kappa shape index (κ2) is 7.51. The number of nitrogens with one attached hydrogen (secondary N) is 1. The number of ether oxygens (including phenoxy) is 1. The van der Waals surface area contributed by atoms with Crippen LogP contribution >= 0.6 is 0 Å². The van der Waals surface area contributed by atoms with Gasteiger partial charge in [0.05, 0.1) is 0 Å². The third-order valence-electron chi connectivity index (χ3n) is 3.20. The predicted molar refractivity (Wildman–Crippen MR) is 83.0 cm³/mol. The largest absolute Gasteiger partial charge is 0.423 e. The highest BCUT2D eigenvalue weighted by atomic mass is 16.5. The molecule has 0 aliphatic carbocycles. The Kier molecular flexibility index (Phi) is 4.97. The van der Waals surface area contributed by atoms with Crippen molar-refractivity contribution in [1.82, 2.24) is 20.7 Å². The molecule has 1 N–H and O–H groups in total. The number of methoxy groups -OCH3 is 1. The molecule has 0 aliphatic rings. The molecule has 8 nitrogen and oxygen atoms in total. The summed E-state index contributed by atoms with van der Waals surface area (Å²) in [6, 6.07) is 11.1. The summed E-state index contributed by atoms with van der Waals surface area (Å²) in [6.07, 6.45) is 0.422. The van der Waals surface area contributed by atoms with Gasteiger partial charge >= 0.3 is 0 Å². The molecule has 0 unspecified atom stereocenters. The first-order valence-corrected chi connectivity index (χ1v) is 7.37. The SMILES string of the molecule is COCc1nnc(CCNC(=O)c2cc(-c3ccccc3)on2)o1. The second-order valence-corrected chi connectivity index (χ2v) is 4.97. The summed E-state index contributed by atoms with van der Waals surface area (Å²) < 4.78 is 15.4. The van der Waals surface area contributed by atoms with Gasteiger partial charge in [-0.3, -0.25) is 4.79 Å². The summed E-state index contributed by atoms with van der Waals surface area (Å²) >= 11 is 0. The number of carbonyl (C=O) groups is 1. The zero-order valence-corrected chi connectivity index (χ0v) is 13.1. The molecule has 3 rings (SSSR count). The fraction of sp³-hybridized carbons (Fsp3) is 0.250. The van der Waals surface area contributed by atoms with E-state index < -0.39 is 0 Å². The lowest BCUT2D eigenvalue weighted by Gasteiger charge is -1.99. The minimum absolute atomic E-state index is 0.222. The van der Waals surface area contributed by atoms with E-state index in [4.69, 9.17) is 13.7 Å². The lowest BCUT2D eigenvalue weighted by molar-refractivity contribution is 0.0944. The zero-order chi connectivity index (χ0) is 16.8.